The van der Waals surface area contributed by atoms with E-state index in [0.717, 1.165) is 20.9 Å². The van der Waals surface area contributed by atoms with Gasteiger partial charge in [-0.3, -0.25) is 10.1 Å². The lowest BCUT2D eigenvalue weighted by Crippen LogP contribution is -1.81. The second kappa shape index (κ2) is 3.03. The first-order chi connectivity index (χ1) is 7.33. The number of hydrogen-bond donors (Lipinski definition) is 2. The Hall–Kier alpha value is -1.95. The number of hydrogen-bond acceptors (Lipinski definition) is 5. The van der Waals surface area contributed by atoms with Gasteiger partial charge < -0.3 is 5.73 Å². The number of nitrogens with zero attached hydrogens (tertiary/aromatic N) is 3. The number of nitrogens with one attached hydrogen (secondary N) is 1. The molecule has 6 heteroatoms. The van der Waals surface area contributed by atoms with Crippen LogP contribution in [0.1, 0.15) is 0 Å². The minimum atomic E-state index is 0.474. The summed E-state index contributed by atoms with van der Waals surface area (Å²) in [6.07, 6.45) is 3.50. The van der Waals surface area contributed by atoms with Crippen LogP contribution in [0.2, 0.25) is 0 Å². The van der Waals surface area contributed by atoms with E-state index in [1.807, 2.05) is 6.07 Å². The molecule has 0 unspecified atom stereocenters. The number of nitrogen functional groups attached to an aromatic ring is 1. The Balaban J connectivity index is 2.19. The van der Waals surface area contributed by atoms with E-state index >= 15 is 0 Å². The zero-order chi connectivity index (χ0) is 10.3. The lowest BCUT2D eigenvalue weighted by Gasteiger charge is -1.84. The van der Waals surface area contributed by atoms with Crippen LogP contribution < -0.4 is 5.73 Å². The summed E-state index contributed by atoms with van der Waals surface area (Å²) in [5.74, 6) is 0.474. The molecule has 0 aliphatic rings. The van der Waals surface area contributed by atoms with Crippen molar-refractivity contribution in [3.05, 3.63) is 24.5 Å². The van der Waals surface area contributed by atoms with Crippen molar-refractivity contribution in [3.63, 3.8) is 0 Å². The summed E-state index contributed by atoms with van der Waals surface area (Å²) < 4.78 is 1.10. The Labute approximate surface area is 89.0 Å². The highest BCUT2D eigenvalue weighted by Crippen LogP contribution is 2.28. The average molecular weight is 217 g/mol. The molecule has 0 saturated carbocycles. The molecule has 3 N–H and O–H groups in total. The SMILES string of the molecule is Nc1cc(-c2nc3cnccc3s2)[nH]n1. The Morgan fingerprint density at radius 3 is 3.07 bits per heavy atom. The van der Waals surface area contributed by atoms with Crippen molar-refractivity contribution in [1.82, 2.24) is 20.2 Å². The molecule has 0 aliphatic heterocycles. The Bertz CT molecular complexity index is 579. The Morgan fingerprint density at radius 2 is 2.33 bits per heavy atom. The van der Waals surface area contributed by atoms with E-state index in [-0.39, 0.29) is 0 Å². The minimum Gasteiger partial charge on any atom is -0.382 e. The molecule has 0 atom stereocenters. The molecule has 0 bridgehead atoms. The van der Waals surface area contributed by atoms with Crippen LogP contribution in [0.3, 0.4) is 0 Å². The van der Waals surface area contributed by atoms with Crippen LogP contribution in [-0.2, 0) is 0 Å². The molecule has 0 amide bonds. The van der Waals surface area contributed by atoms with Crippen LogP contribution >= 0.6 is 11.3 Å². The Morgan fingerprint density at radius 1 is 1.40 bits per heavy atom. The molecular formula is C9H7N5S. The summed E-state index contributed by atoms with van der Waals surface area (Å²) in [5.41, 5.74) is 7.27. The van der Waals surface area contributed by atoms with E-state index in [1.165, 1.54) is 0 Å². The first-order valence-corrected chi connectivity index (χ1v) is 5.16. The van der Waals surface area contributed by atoms with Gasteiger partial charge in [0.05, 0.1) is 16.6 Å². The van der Waals surface area contributed by atoms with Crippen LogP contribution in [0.4, 0.5) is 5.82 Å². The number of H-pyrrole nitrogens is 1. The topological polar surface area (TPSA) is 80.5 Å². The van der Waals surface area contributed by atoms with Crippen LogP contribution in [0.15, 0.2) is 24.5 Å². The molecule has 0 fully saturated rings. The highest BCUT2D eigenvalue weighted by Gasteiger charge is 2.07. The number of fused-ring (bicyclic) bond motifs is 1. The van der Waals surface area contributed by atoms with Gasteiger partial charge in [0, 0.05) is 12.3 Å². The van der Waals surface area contributed by atoms with Gasteiger partial charge in [-0.15, -0.1) is 11.3 Å². The maximum absolute atomic E-state index is 5.53. The monoisotopic (exact) mass is 217 g/mol. The molecule has 0 aromatic carbocycles. The largest absolute Gasteiger partial charge is 0.382 e. The van der Waals surface area contributed by atoms with Crippen molar-refractivity contribution < 1.29 is 0 Å². The summed E-state index contributed by atoms with van der Waals surface area (Å²) in [6.45, 7) is 0. The predicted molar refractivity (Wildman–Crippen MR) is 59.4 cm³/mol. The number of rotatable bonds is 1. The third kappa shape index (κ3) is 1.35. The number of aromatic nitrogens is 4. The number of anilines is 1. The minimum absolute atomic E-state index is 0.474. The van der Waals surface area contributed by atoms with Gasteiger partial charge in [-0.1, -0.05) is 0 Å². The Kier molecular flexibility index (Phi) is 1.69. The number of thiazole rings is 1. The molecule has 0 aliphatic carbocycles. The van der Waals surface area contributed by atoms with Crippen LogP contribution in [-0.4, -0.2) is 20.2 Å². The summed E-state index contributed by atoms with van der Waals surface area (Å²) >= 11 is 1.59. The zero-order valence-electron chi connectivity index (χ0n) is 7.64. The molecule has 0 spiro atoms. The van der Waals surface area contributed by atoms with Gasteiger partial charge >= 0.3 is 0 Å². The van der Waals surface area contributed by atoms with Gasteiger partial charge in [0.2, 0.25) is 0 Å². The third-order valence-electron chi connectivity index (χ3n) is 2.02. The molecule has 15 heavy (non-hydrogen) atoms. The average Bonchev–Trinajstić information content (AvgIpc) is 2.82. The van der Waals surface area contributed by atoms with E-state index < -0.39 is 0 Å². The fourth-order valence-corrected chi connectivity index (χ4v) is 2.24. The summed E-state index contributed by atoms with van der Waals surface area (Å²) in [6, 6.07) is 3.71. The summed E-state index contributed by atoms with van der Waals surface area (Å²) in [4.78, 5) is 8.44. The molecule has 3 heterocycles. The number of nitrogens with two attached hydrogens (primary N) is 1. The van der Waals surface area contributed by atoms with Gasteiger partial charge in [0.15, 0.2) is 0 Å². The molecule has 5 nitrogen and oxygen atoms in total. The van der Waals surface area contributed by atoms with Crippen molar-refractivity contribution in [1.29, 1.82) is 0 Å². The fraction of sp³-hybridized carbons (Fsp3) is 0. The highest BCUT2D eigenvalue weighted by molar-refractivity contribution is 7.21. The van der Waals surface area contributed by atoms with Crippen molar-refractivity contribution in [2.75, 3.05) is 5.73 Å². The molecular weight excluding hydrogens is 210 g/mol. The van der Waals surface area contributed by atoms with Gasteiger partial charge in [0.25, 0.3) is 0 Å². The molecule has 3 aromatic heterocycles. The van der Waals surface area contributed by atoms with Crippen LogP contribution in [0, 0.1) is 0 Å². The molecule has 3 aromatic rings. The molecule has 3 rings (SSSR count). The number of aromatic amines is 1. The van der Waals surface area contributed by atoms with Gasteiger partial charge in [0.1, 0.15) is 16.3 Å². The van der Waals surface area contributed by atoms with Crippen molar-refractivity contribution in [3.8, 4) is 10.7 Å². The quantitative estimate of drug-likeness (QED) is 0.649. The van der Waals surface area contributed by atoms with Crippen molar-refractivity contribution in [2.24, 2.45) is 0 Å². The number of pyridine rings is 1. The smallest absolute Gasteiger partial charge is 0.145 e. The van der Waals surface area contributed by atoms with E-state index in [0.29, 0.717) is 5.82 Å². The maximum atomic E-state index is 5.53. The van der Waals surface area contributed by atoms with E-state index in [1.54, 1.807) is 29.8 Å². The standard InChI is InChI=1S/C9H7N5S/c10-8-3-5(13-14-8)9-12-6-4-11-2-1-7(6)15-9/h1-4H,(H3,10,13,14). The predicted octanol–water partition coefficient (Wildman–Crippen LogP) is 1.66. The van der Waals surface area contributed by atoms with Gasteiger partial charge in [-0.25, -0.2) is 4.98 Å². The second-order valence-corrected chi connectivity index (χ2v) is 4.10. The van der Waals surface area contributed by atoms with E-state index in [9.17, 15) is 0 Å². The van der Waals surface area contributed by atoms with Crippen LogP contribution in [0.5, 0.6) is 0 Å². The van der Waals surface area contributed by atoms with Crippen molar-refractivity contribution in [2.45, 2.75) is 0 Å². The molecule has 74 valence electrons. The second-order valence-electron chi connectivity index (χ2n) is 3.07. The third-order valence-corrected chi connectivity index (χ3v) is 3.09. The summed E-state index contributed by atoms with van der Waals surface area (Å²) in [5, 5.41) is 7.58. The lowest BCUT2D eigenvalue weighted by molar-refractivity contribution is 1.10. The first-order valence-electron chi connectivity index (χ1n) is 4.35. The zero-order valence-corrected chi connectivity index (χ0v) is 8.45. The van der Waals surface area contributed by atoms with Crippen LogP contribution in [0.25, 0.3) is 20.9 Å². The fourth-order valence-electron chi connectivity index (χ4n) is 1.34. The summed E-state index contributed by atoms with van der Waals surface area (Å²) in [7, 11) is 0. The molecule has 0 radical (unpaired) electrons. The first kappa shape index (κ1) is 8.37. The molecule has 0 saturated heterocycles. The van der Waals surface area contributed by atoms with Gasteiger partial charge in [-0.05, 0) is 6.07 Å². The lowest BCUT2D eigenvalue weighted by atomic mass is 10.4. The normalized spacial score (nSPS) is 10.9. The van der Waals surface area contributed by atoms with Gasteiger partial charge in [-0.2, -0.15) is 5.10 Å². The maximum Gasteiger partial charge on any atom is 0.145 e. The van der Waals surface area contributed by atoms with E-state index in [2.05, 4.69) is 20.2 Å². The highest BCUT2D eigenvalue weighted by atomic mass is 32.1. The van der Waals surface area contributed by atoms with E-state index in [4.69, 9.17) is 5.73 Å². The van der Waals surface area contributed by atoms with Crippen molar-refractivity contribution >= 4 is 27.4 Å².